The predicted molar refractivity (Wildman–Crippen MR) is 64.5 cm³/mol. The second kappa shape index (κ2) is 4.71. The summed E-state index contributed by atoms with van der Waals surface area (Å²) in [4.78, 5) is 3.62. The molecule has 1 saturated carbocycles. The van der Waals surface area contributed by atoms with Crippen LogP contribution in [-0.4, -0.2) is 27.5 Å². The van der Waals surface area contributed by atoms with Crippen LogP contribution in [0, 0.1) is 11.4 Å². The Hall–Kier alpha value is -2.12. The van der Waals surface area contributed by atoms with Crippen LogP contribution in [0.4, 0.5) is 17.6 Å². The molecule has 0 aromatic carbocycles. The first kappa shape index (κ1) is 13.8. The fourth-order valence-electron chi connectivity index (χ4n) is 1.91. The van der Waals surface area contributed by atoms with Crippen molar-refractivity contribution in [3.8, 4) is 11.7 Å². The van der Waals surface area contributed by atoms with Gasteiger partial charge in [-0.25, -0.2) is 9.67 Å². The van der Waals surface area contributed by atoms with Crippen LogP contribution in [0.15, 0.2) is 30.5 Å². The van der Waals surface area contributed by atoms with Crippen LogP contribution >= 0.6 is 0 Å². The summed E-state index contributed by atoms with van der Waals surface area (Å²) in [7, 11) is 0. The predicted octanol–water partition coefficient (Wildman–Crippen LogP) is 3.13. The van der Waals surface area contributed by atoms with E-state index in [9.17, 15) is 17.6 Å². The Labute approximate surface area is 117 Å². The zero-order valence-electron chi connectivity index (χ0n) is 10.8. The van der Waals surface area contributed by atoms with Gasteiger partial charge in [-0.2, -0.15) is 17.6 Å². The summed E-state index contributed by atoms with van der Waals surface area (Å²) in [5, 5.41) is 3.93. The number of ether oxygens (including phenoxy) is 1. The highest BCUT2D eigenvalue weighted by Gasteiger charge is 2.63. The highest BCUT2D eigenvalue weighted by molar-refractivity contribution is 5.23. The van der Waals surface area contributed by atoms with Gasteiger partial charge in [-0.1, -0.05) is 6.07 Å². The van der Waals surface area contributed by atoms with Crippen molar-refractivity contribution in [3.63, 3.8) is 0 Å². The minimum atomic E-state index is -4.26. The summed E-state index contributed by atoms with van der Waals surface area (Å²) < 4.78 is 57.6. The summed E-state index contributed by atoms with van der Waals surface area (Å²) in [6.07, 6.45) is -2.67. The number of alkyl halides is 3. The fraction of sp³-hybridized carbons (Fsp3) is 0.385. The summed E-state index contributed by atoms with van der Waals surface area (Å²) in [6.45, 7) is -0.454. The van der Waals surface area contributed by atoms with Crippen molar-refractivity contribution < 1.29 is 22.3 Å². The number of rotatable bonds is 4. The van der Waals surface area contributed by atoms with Gasteiger partial charge < -0.3 is 4.74 Å². The second-order valence-electron chi connectivity index (χ2n) is 4.98. The van der Waals surface area contributed by atoms with Gasteiger partial charge in [0, 0.05) is 12.3 Å². The maximum Gasteiger partial charge on any atom is 0.397 e. The molecule has 0 atom stereocenters. The lowest BCUT2D eigenvalue weighted by atomic mass is 10.1. The van der Waals surface area contributed by atoms with Crippen LogP contribution in [0.3, 0.4) is 0 Å². The Morgan fingerprint density at radius 3 is 2.62 bits per heavy atom. The molecule has 0 aliphatic heterocycles. The average molecular weight is 301 g/mol. The summed E-state index contributed by atoms with van der Waals surface area (Å²) in [6, 6.07) is 5.59. The van der Waals surface area contributed by atoms with Gasteiger partial charge in [-0.3, -0.25) is 0 Å². The van der Waals surface area contributed by atoms with Crippen molar-refractivity contribution in [2.45, 2.75) is 19.0 Å². The topological polar surface area (TPSA) is 39.9 Å². The number of hydrogen-bond acceptors (Lipinski definition) is 3. The van der Waals surface area contributed by atoms with Gasteiger partial charge in [-0.15, -0.1) is 5.10 Å². The van der Waals surface area contributed by atoms with Gasteiger partial charge in [0.1, 0.15) is 12.0 Å². The zero-order valence-corrected chi connectivity index (χ0v) is 10.8. The maximum atomic E-state index is 13.0. The number of halogens is 4. The van der Waals surface area contributed by atoms with Gasteiger partial charge in [0.05, 0.1) is 0 Å². The highest BCUT2D eigenvalue weighted by atomic mass is 19.4. The molecule has 0 N–H and O–H groups in total. The largest absolute Gasteiger partial charge is 0.476 e. The minimum absolute atomic E-state index is 0.0524. The van der Waals surface area contributed by atoms with Gasteiger partial charge in [0.2, 0.25) is 11.8 Å². The minimum Gasteiger partial charge on any atom is -0.476 e. The van der Waals surface area contributed by atoms with Crippen LogP contribution in [0.25, 0.3) is 5.82 Å². The normalized spacial score (nSPS) is 16.8. The molecule has 0 spiro atoms. The smallest absolute Gasteiger partial charge is 0.397 e. The molecular weight excluding hydrogens is 290 g/mol. The molecule has 21 heavy (non-hydrogen) atoms. The molecule has 8 heteroatoms. The number of aromatic nitrogens is 3. The molecule has 0 saturated heterocycles. The lowest BCUT2D eigenvalue weighted by molar-refractivity contribution is -0.194. The van der Waals surface area contributed by atoms with E-state index in [1.54, 1.807) is 0 Å². The van der Waals surface area contributed by atoms with Crippen molar-refractivity contribution >= 4 is 0 Å². The molecule has 2 aromatic rings. The first-order chi connectivity index (χ1) is 9.90. The van der Waals surface area contributed by atoms with E-state index < -0.39 is 24.1 Å². The molecule has 2 heterocycles. The van der Waals surface area contributed by atoms with Crippen molar-refractivity contribution in [3.05, 3.63) is 36.4 Å². The fourth-order valence-corrected chi connectivity index (χ4v) is 1.91. The van der Waals surface area contributed by atoms with Gasteiger partial charge in [0.25, 0.3) is 0 Å². The molecule has 112 valence electrons. The molecule has 3 rings (SSSR count). The zero-order chi connectivity index (χ0) is 15.1. The van der Waals surface area contributed by atoms with Gasteiger partial charge in [0.15, 0.2) is 5.82 Å². The summed E-state index contributed by atoms with van der Waals surface area (Å²) in [5.41, 5.74) is -1.74. The molecule has 4 nitrogen and oxygen atoms in total. The van der Waals surface area contributed by atoms with E-state index in [2.05, 4.69) is 10.1 Å². The average Bonchev–Trinajstić information content (AvgIpc) is 3.08. The third-order valence-electron chi connectivity index (χ3n) is 3.45. The van der Waals surface area contributed by atoms with Crippen molar-refractivity contribution in [2.75, 3.05) is 6.61 Å². The van der Waals surface area contributed by atoms with E-state index in [1.807, 2.05) is 0 Å². The Bertz CT molecular complexity index is 649. The monoisotopic (exact) mass is 301 g/mol. The van der Waals surface area contributed by atoms with Crippen LogP contribution in [0.2, 0.25) is 0 Å². The van der Waals surface area contributed by atoms with E-state index in [1.165, 1.54) is 35.1 Å². The van der Waals surface area contributed by atoms with Crippen molar-refractivity contribution in [2.24, 2.45) is 5.41 Å². The van der Waals surface area contributed by atoms with E-state index in [0.717, 1.165) is 0 Å². The Kier molecular flexibility index (Phi) is 3.11. The first-order valence-corrected chi connectivity index (χ1v) is 6.28. The van der Waals surface area contributed by atoms with Crippen LogP contribution in [-0.2, 0) is 0 Å². The quantitative estimate of drug-likeness (QED) is 0.643. The lowest BCUT2D eigenvalue weighted by Gasteiger charge is -2.18. The molecule has 0 unspecified atom stereocenters. The number of pyridine rings is 1. The molecule has 0 amide bonds. The standard InChI is InChI=1S/C13H11F4N3O/c14-9-2-1-3-10(18-9)20-7-4-11(19-20)21-8-12(5-6-12)13(15,16)17/h1-4,7H,5-6,8H2. The molecule has 1 aliphatic carbocycles. The van der Waals surface area contributed by atoms with Gasteiger partial charge >= 0.3 is 6.18 Å². The van der Waals surface area contributed by atoms with E-state index in [0.29, 0.717) is 0 Å². The number of hydrogen-bond donors (Lipinski definition) is 0. The van der Waals surface area contributed by atoms with Gasteiger partial charge in [-0.05, 0) is 25.0 Å². The van der Waals surface area contributed by atoms with Crippen molar-refractivity contribution in [1.82, 2.24) is 14.8 Å². The molecular formula is C13H11F4N3O. The Morgan fingerprint density at radius 2 is 2.00 bits per heavy atom. The SMILES string of the molecule is Fc1cccc(-n2ccc(OCC3(C(F)(F)F)CC3)n2)n1. The molecule has 1 fully saturated rings. The second-order valence-corrected chi connectivity index (χ2v) is 4.98. The molecule has 1 aliphatic rings. The third kappa shape index (κ3) is 2.70. The molecule has 0 radical (unpaired) electrons. The van der Waals surface area contributed by atoms with Crippen LogP contribution in [0.5, 0.6) is 5.88 Å². The lowest BCUT2D eigenvalue weighted by Crippen LogP contribution is -2.30. The van der Waals surface area contributed by atoms with Crippen LogP contribution in [0.1, 0.15) is 12.8 Å². The summed E-state index contributed by atoms with van der Waals surface area (Å²) in [5.74, 6) is -0.391. The summed E-state index contributed by atoms with van der Waals surface area (Å²) >= 11 is 0. The Balaban J connectivity index is 1.69. The van der Waals surface area contributed by atoms with Crippen molar-refractivity contribution in [1.29, 1.82) is 0 Å². The first-order valence-electron chi connectivity index (χ1n) is 6.28. The van der Waals surface area contributed by atoms with E-state index in [4.69, 9.17) is 4.74 Å². The van der Waals surface area contributed by atoms with E-state index >= 15 is 0 Å². The maximum absolute atomic E-state index is 13.0. The Morgan fingerprint density at radius 1 is 1.24 bits per heavy atom. The third-order valence-corrected chi connectivity index (χ3v) is 3.45. The van der Waals surface area contributed by atoms with E-state index in [-0.39, 0.29) is 24.5 Å². The molecule has 2 aromatic heterocycles. The van der Waals surface area contributed by atoms with Crippen LogP contribution < -0.4 is 4.74 Å². The highest BCUT2D eigenvalue weighted by Crippen LogP contribution is 2.57. The number of nitrogens with zero attached hydrogens (tertiary/aromatic N) is 3. The molecule has 0 bridgehead atoms.